The summed E-state index contributed by atoms with van der Waals surface area (Å²) < 4.78 is 5.47. The normalized spacial score (nSPS) is 31.5. The minimum Gasteiger partial charge on any atom is -0.379 e. The van der Waals surface area contributed by atoms with E-state index in [1.54, 1.807) is 0 Å². The van der Waals surface area contributed by atoms with Crippen molar-refractivity contribution in [2.45, 2.75) is 18.9 Å². The molecule has 0 spiro atoms. The fourth-order valence-electron chi connectivity index (χ4n) is 4.69. The van der Waals surface area contributed by atoms with E-state index >= 15 is 0 Å². The molecule has 4 aliphatic heterocycles. The van der Waals surface area contributed by atoms with Crippen LogP contribution < -0.4 is 10.6 Å². The quantitative estimate of drug-likeness (QED) is 0.843. The third-order valence-corrected chi connectivity index (χ3v) is 6.14. The average molecular weight is 358 g/mol. The highest BCUT2D eigenvalue weighted by molar-refractivity contribution is 5.89. The molecule has 0 radical (unpaired) electrons. The highest BCUT2D eigenvalue weighted by Crippen LogP contribution is 2.36. The molecule has 4 fully saturated rings. The first-order valence-corrected chi connectivity index (χ1v) is 9.92. The van der Waals surface area contributed by atoms with E-state index in [-0.39, 0.29) is 6.03 Å². The SMILES string of the molecule is O=C(NCC1CC2CCN1CC2CN1CCOCC1)Nc1ccccc1. The molecule has 5 rings (SSSR count). The summed E-state index contributed by atoms with van der Waals surface area (Å²) in [6.07, 6.45) is 2.52. The number of amides is 2. The lowest BCUT2D eigenvalue weighted by Gasteiger charge is -2.51. The van der Waals surface area contributed by atoms with Crippen molar-refractivity contribution in [3.63, 3.8) is 0 Å². The van der Waals surface area contributed by atoms with Crippen molar-refractivity contribution < 1.29 is 9.53 Å². The molecular formula is C20H30N4O2. The summed E-state index contributed by atoms with van der Waals surface area (Å²) in [6, 6.07) is 9.98. The molecule has 4 aliphatic rings. The van der Waals surface area contributed by atoms with Crippen LogP contribution in [0.1, 0.15) is 12.8 Å². The zero-order chi connectivity index (χ0) is 17.8. The van der Waals surface area contributed by atoms with E-state index in [0.29, 0.717) is 6.04 Å². The van der Waals surface area contributed by atoms with Gasteiger partial charge in [0.15, 0.2) is 0 Å². The van der Waals surface area contributed by atoms with Crippen molar-refractivity contribution in [1.82, 2.24) is 15.1 Å². The molecule has 2 bridgehead atoms. The summed E-state index contributed by atoms with van der Waals surface area (Å²) in [5, 5.41) is 5.96. The minimum atomic E-state index is -0.108. The Balaban J connectivity index is 1.23. The van der Waals surface area contributed by atoms with Crippen LogP contribution in [0.4, 0.5) is 10.5 Å². The van der Waals surface area contributed by atoms with Gasteiger partial charge in [-0.1, -0.05) is 18.2 Å². The van der Waals surface area contributed by atoms with Gasteiger partial charge in [-0.2, -0.15) is 0 Å². The van der Waals surface area contributed by atoms with Gasteiger partial charge in [0.1, 0.15) is 0 Å². The second kappa shape index (κ2) is 8.37. The van der Waals surface area contributed by atoms with Crippen LogP contribution in [-0.2, 0) is 4.74 Å². The second-order valence-corrected chi connectivity index (χ2v) is 7.81. The molecule has 4 unspecified atom stereocenters. The van der Waals surface area contributed by atoms with Gasteiger partial charge in [-0.3, -0.25) is 9.80 Å². The van der Waals surface area contributed by atoms with E-state index in [0.717, 1.165) is 50.4 Å². The van der Waals surface area contributed by atoms with E-state index in [1.165, 1.54) is 32.5 Å². The van der Waals surface area contributed by atoms with Gasteiger partial charge >= 0.3 is 6.03 Å². The smallest absolute Gasteiger partial charge is 0.319 e. The number of nitrogens with zero attached hydrogens (tertiary/aromatic N) is 2. The van der Waals surface area contributed by atoms with Crippen LogP contribution >= 0.6 is 0 Å². The molecule has 0 saturated carbocycles. The molecular weight excluding hydrogens is 328 g/mol. The number of piperidine rings is 3. The molecule has 1 aromatic carbocycles. The average Bonchev–Trinajstić information content (AvgIpc) is 2.69. The maximum absolute atomic E-state index is 12.1. The number of carbonyl (C=O) groups excluding carboxylic acids is 1. The molecule has 6 nitrogen and oxygen atoms in total. The van der Waals surface area contributed by atoms with Crippen molar-refractivity contribution in [2.24, 2.45) is 11.8 Å². The summed E-state index contributed by atoms with van der Waals surface area (Å²) in [5.41, 5.74) is 0.834. The van der Waals surface area contributed by atoms with Crippen LogP contribution in [0.2, 0.25) is 0 Å². The number of anilines is 1. The predicted octanol–water partition coefficient (Wildman–Crippen LogP) is 1.85. The first kappa shape index (κ1) is 17.8. The third-order valence-electron chi connectivity index (χ3n) is 6.14. The zero-order valence-electron chi connectivity index (χ0n) is 15.4. The fraction of sp³-hybridized carbons (Fsp3) is 0.650. The molecule has 142 valence electrons. The Morgan fingerprint density at radius 1 is 1.15 bits per heavy atom. The third kappa shape index (κ3) is 4.37. The number of morpholine rings is 1. The maximum Gasteiger partial charge on any atom is 0.319 e. The van der Waals surface area contributed by atoms with Crippen molar-refractivity contribution in [2.75, 3.05) is 57.8 Å². The van der Waals surface area contributed by atoms with Crippen LogP contribution in [0.5, 0.6) is 0 Å². The van der Waals surface area contributed by atoms with E-state index < -0.39 is 0 Å². The van der Waals surface area contributed by atoms with Crippen LogP contribution in [-0.4, -0.2) is 74.4 Å². The van der Waals surface area contributed by atoms with Crippen LogP contribution in [0.25, 0.3) is 0 Å². The van der Waals surface area contributed by atoms with Crippen molar-refractivity contribution >= 4 is 11.7 Å². The summed E-state index contributed by atoms with van der Waals surface area (Å²) >= 11 is 0. The van der Waals surface area contributed by atoms with Gasteiger partial charge in [0.2, 0.25) is 0 Å². The minimum absolute atomic E-state index is 0.108. The molecule has 26 heavy (non-hydrogen) atoms. The van der Waals surface area contributed by atoms with E-state index in [1.807, 2.05) is 30.3 Å². The Hall–Kier alpha value is -1.63. The highest BCUT2D eigenvalue weighted by Gasteiger charge is 2.40. The van der Waals surface area contributed by atoms with Gasteiger partial charge in [-0.05, 0) is 43.4 Å². The number of benzene rings is 1. The van der Waals surface area contributed by atoms with Crippen molar-refractivity contribution in [1.29, 1.82) is 0 Å². The zero-order valence-corrected chi connectivity index (χ0v) is 15.4. The fourth-order valence-corrected chi connectivity index (χ4v) is 4.69. The summed E-state index contributed by atoms with van der Waals surface area (Å²) in [6.45, 7) is 8.21. The van der Waals surface area contributed by atoms with Crippen molar-refractivity contribution in [3.05, 3.63) is 30.3 Å². The standard InChI is InChI=1S/C20H30N4O2/c25-20(22-18-4-2-1-3-5-18)21-13-19-12-16-6-7-24(19)15-17(16)14-23-8-10-26-11-9-23/h1-5,16-17,19H,6-15H2,(H2,21,22,25). The van der Waals surface area contributed by atoms with Crippen LogP contribution in [0.3, 0.4) is 0 Å². The number of rotatable bonds is 5. The molecule has 4 saturated heterocycles. The van der Waals surface area contributed by atoms with E-state index in [2.05, 4.69) is 20.4 Å². The number of urea groups is 1. The topological polar surface area (TPSA) is 56.8 Å². The van der Waals surface area contributed by atoms with Gasteiger partial charge in [-0.15, -0.1) is 0 Å². The second-order valence-electron chi connectivity index (χ2n) is 7.81. The van der Waals surface area contributed by atoms with Gasteiger partial charge < -0.3 is 15.4 Å². The number of carbonyl (C=O) groups is 1. The number of para-hydroxylation sites is 1. The molecule has 2 amide bonds. The van der Waals surface area contributed by atoms with Crippen LogP contribution in [0, 0.1) is 11.8 Å². The maximum atomic E-state index is 12.1. The first-order valence-electron chi connectivity index (χ1n) is 9.92. The largest absolute Gasteiger partial charge is 0.379 e. The lowest BCUT2D eigenvalue weighted by Crippen LogP contribution is -2.59. The predicted molar refractivity (Wildman–Crippen MR) is 102 cm³/mol. The number of nitrogens with one attached hydrogen (secondary N) is 2. The van der Waals surface area contributed by atoms with Crippen LogP contribution in [0.15, 0.2) is 30.3 Å². The Bertz CT molecular complexity index is 591. The molecule has 0 aromatic heterocycles. The van der Waals surface area contributed by atoms with Gasteiger partial charge in [0, 0.05) is 44.5 Å². The molecule has 4 atom stereocenters. The molecule has 0 aliphatic carbocycles. The molecule has 6 heteroatoms. The number of ether oxygens (including phenoxy) is 1. The number of fused-ring (bicyclic) bond motifs is 3. The lowest BCUT2D eigenvalue weighted by atomic mass is 9.75. The lowest BCUT2D eigenvalue weighted by molar-refractivity contribution is -0.0289. The van der Waals surface area contributed by atoms with Crippen molar-refractivity contribution in [3.8, 4) is 0 Å². The Morgan fingerprint density at radius 2 is 1.96 bits per heavy atom. The number of hydrogen-bond donors (Lipinski definition) is 2. The van der Waals surface area contributed by atoms with Gasteiger partial charge in [0.05, 0.1) is 13.2 Å². The Labute approximate surface area is 155 Å². The van der Waals surface area contributed by atoms with E-state index in [4.69, 9.17) is 4.74 Å². The van der Waals surface area contributed by atoms with Gasteiger partial charge in [0.25, 0.3) is 0 Å². The highest BCUT2D eigenvalue weighted by atomic mass is 16.5. The molecule has 4 heterocycles. The summed E-state index contributed by atoms with van der Waals surface area (Å²) in [5.74, 6) is 1.57. The van der Waals surface area contributed by atoms with Gasteiger partial charge in [-0.25, -0.2) is 4.79 Å². The monoisotopic (exact) mass is 358 g/mol. The Kier molecular flexibility index (Phi) is 5.72. The summed E-state index contributed by atoms with van der Waals surface area (Å²) in [7, 11) is 0. The Morgan fingerprint density at radius 3 is 2.69 bits per heavy atom. The first-order chi connectivity index (χ1) is 12.8. The van der Waals surface area contributed by atoms with E-state index in [9.17, 15) is 4.79 Å². The molecule has 1 aromatic rings. The molecule has 2 N–H and O–H groups in total. The number of hydrogen-bond acceptors (Lipinski definition) is 4. The summed E-state index contributed by atoms with van der Waals surface area (Å²) in [4.78, 5) is 17.3.